The van der Waals surface area contributed by atoms with Gasteiger partial charge in [-0.2, -0.15) is 4.31 Å². The Morgan fingerprint density at radius 3 is 2.55 bits per heavy atom. The van der Waals surface area contributed by atoms with Gasteiger partial charge in [0.25, 0.3) is 0 Å². The van der Waals surface area contributed by atoms with Crippen molar-refractivity contribution in [1.82, 2.24) is 9.62 Å². The molecule has 4 nitrogen and oxygen atoms in total. The number of nitrogens with zero attached hydrogens (tertiary/aromatic N) is 1. The first-order valence-electron chi connectivity index (χ1n) is 7.41. The van der Waals surface area contributed by atoms with E-state index in [0.717, 1.165) is 31.4 Å². The van der Waals surface area contributed by atoms with E-state index in [2.05, 4.69) is 12.2 Å². The van der Waals surface area contributed by atoms with E-state index in [9.17, 15) is 8.42 Å². The number of rotatable bonds is 8. The second kappa shape index (κ2) is 6.70. The third kappa shape index (κ3) is 3.40. The monoisotopic (exact) mass is 296 g/mol. The summed E-state index contributed by atoms with van der Waals surface area (Å²) in [6.45, 7) is 6.05. The quantitative estimate of drug-likeness (QED) is 0.749. The standard InChI is InChI=1S/C15H24N2O2S/c1-3-11-16-12-13-7-5-6-8-15(13)20(18,19)17(4-2)14-9-10-14/h5-8,14,16H,3-4,9-12H2,1-2H3. The second-order valence-electron chi connectivity index (χ2n) is 5.22. The van der Waals surface area contributed by atoms with Crippen LogP contribution in [-0.2, 0) is 16.6 Å². The highest BCUT2D eigenvalue weighted by Crippen LogP contribution is 2.32. The second-order valence-corrected chi connectivity index (χ2v) is 7.08. The normalized spacial score (nSPS) is 15.8. The van der Waals surface area contributed by atoms with E-state index < -0.39 is 10.0 Å². The van der Waals surface area contributed by atoms with Gasteiger partial charge < -0.3 is 5.32 Å². The highest BCUT2D eigenvalue weighted by Gasteiger charge is 2.37. The van der Waals surface area contributed by atoms with Gasteiger partial charge in [-0.3, -0.25) is 0 Å². The molecule has 5 heteroatoms. The lowest BCUT2D eigenvalue weighted by molar-refractivity contribution is 0.420. The minimum atomic E-state index is -3.36. The largest absolute Gasteiger partial charge is 0.313 e. The predicted octanol–water partition coefficient (Wildman–Crippen LogP) is 2.36. The van der Waals surface area contributed by atoms with E-state index >= 15 is 0 Å². The van der Waals surface area contributed by atoms with Crippen LogP contribution in [0.2, 0.25) is 0 Å². The molecule has 0 atom stereocenters. The van der Waals surface area contributed by atoms with Crippen LogP contribution < -0.4 is 5.32 Å². The molecule has 0 spiro atoms. The fourth-order valence-corrected chi connectivity index (χ4v) is 4.33. The molecule has 0 bridgehead atoms. The van der Waals surface area contributed by atoms with Gasteiger partial charge in [0.15, 0.2) is 0 Å². The van der Waals surface area contributed by atoms with Crippen LogP contribution >= 0.6 is 0 Å². The SMILES string of the molecule is CCCNCc1ccccc1S(=O)(=O)N(CC)C1CC1. The number of hydrogen-bond donors (Lipinski definition) is 1. The number of hydrogen-bond acceptors (Lipinski definition) is 3. The molecule has 0 unspecified atom stereocenters. The third-order valence-electron chi connectivity index (χ3n) is 3.57. The molecule has 0 aliphatic heterocycles. The summed E-state index contributed by atoms with van der Waals surface area (Å²) >= 11 is 0. The predicted molar refractivity (Wildman–Crippen MR) is 81.0 cm³/mol. The molecule has 0 amide bonds. The summed E-state index contributed by atoms with van der Waals surface area (Å²) in [6, 6.07) is 7.54. The van der Waals surface area contributed by atoms with E-state index in [1.807, 2.05) is 19.1 Å². The van der Waals surface area contributed by atoms with Gasteiger partial charge in [-0.15, -0.1) is 0 Å². The highest BCUT2D eigenvalue weighted by molar-refractivity contribution is 7.89. The van der Waals surface area contributed by atoms with Crippen LogP contribution in [0.4, 0.5) is 0 Å². The average molecular weight is 296 g/mol. The van der Waals surface area contributed by atoms with E-state index in [1.165, 1.54) is 0 Å². The summed E-state index contributed by atoms with van der Waals surface area (Å²) in [5.41, 5.74) is 0.861. The fraction of sp³-hybridized carbons (Fsp3) is 0.600. The van der Waals surface area contributed by atoms with Crippen LogP contribution in [0, 0.1) is 0 Å². The van der Waals surface area contributed by atoms with Crippen LogP contribution in [0.3, 0.4) is 0 Å². The molecular formula is C15H24N2O2S. The maximum absolute atomic E-state index is 12.8. The van der Waals surface area contributed by atoms with Crippen molar-refractivity contribution in [2.24, 2.45) is 0 Å². The van der Waals surface area contributed by atoms with E-state index in [-0.39, 0.29) is 6.04 Å². The van der Waals surface area contributed by atoms with Crippen LogP contribution in [0.15, 0.2) is 29.2 Å². The molecule has 2 rings (SSSR count). The van der Waals surface area contributed by atoms with Crippen molar-refractivity contribution in [2.45, 2.75) is 50.6 Å². The molecule has 0 saturated heterocycles. The Bertz CT molecular complexity index is 539. The fourth-order valence-electron chi connectivity index (χ4n) is 2.41. The lowest BCUT2D eigenvalue weighted by atomic mass is 10.2. The van der Waals surface area contributed by atoms with Crippen molar-refractivity contribution in [3.63, 3.8) is 0 Å². The lowest BCUT2D eigenvalue weighted by Gasteiger charge is -2.21. The molecule has 0 aromatic heterocycles. The van der Waals surface area contributed by atoms with Crippen molar-refractivity contribution in [2.75, 3.05) is 13.1 Å². The maximum Gasteiger partial charge on any atom is 0.243 e. The molecule has 1 aliphatic rings. The zero-order chi connectivity index (χ0) is 14.6. The van der Waals surface area contributed by atoms with Gasteiger partial charge in [0.2, 0.25) is 10.0 Å². The average Bonchev–Trinajstić information content (AvgIpc) is 3.24. The Kier molecular flexibility index (Phi) is 5.18. The minimum Gasteiger partial charge on any atom is -0.313 e. The van der Waals surface area contributed by atoms with Crippen molar-refractivity contribution in [1.29, 1.82) is 0 Å². The Balaban J connectivity index is 2.26. The third-order valence-corrected chi connectivity index (χ3v) is 5.70. The first kappa shape index (κ1) is 15.5. The molecular weight excluding hydrogens is 272 g/mol. The Morgan fingerprint density at radius 1 is 1.25 bits per heavy atom. The summed E-state index contributed by atoms with van der Waals surface area (Å²) in [6.07, 6.45) is 3.02. The van der Waals surface area contributed by atoms with Crippen molar-refractivity contribution < 1.29 is 8.42 Å². The molecule has 1 saturated carbocycles. The summed E-state index contributed by atoms with van der Waals surface area (Å²) in [4.78, 5) is 0.456. The number of nitrogens with one attached hydrogen (secondary N) is 1. The molecule has 1 fully saturated rings. The van der Waals surface area contributed by atoms with Gasteiger partial charge in [0.05, 0.1) is 4.90 Å². The smallest absolute Gasteiger partial charge is 0.243 e. The first-order chi connectivity index (χ1) is 9.61. The molecule has 20 heavy (non-hydrogen) atoms. The summed E-state index contributed by atoms with van der Waals surface area (Å²) < 4.78 is 27.2. The number of benzene rings is 1. The van der Waals surface area contributed by atoms with E-state index in [0.29, 0.717) is 18.0 Å². The van der Waals surface area contributed by atoms with Crippen LogP contribution in [0.25, 0.3) is 0 Å². The summed E-state index contributed by atoms with van der Waals surface area (Å²) in [7, 11) is -3.36. The van der Waals surface area contributed by atoms with E-state index in [4.69, 9.17) is 0 Å². The van der Waals surface area contributed by atoms with Crippen LogP contribution in [0.5, 0.6) is 0 Å². The Hall–Kier alpha value is -0.910. The van der Waals surface area contributed by atoms with Gasteiger partial charge in [0.1, 0.15) is 0 Å². The Morgan fingerprint density at radius 2 is 1.95 bits per heavy atom. The molecule has 1 aromatic rings. The zero-order valence-corrected chi connectivity index (χ0v) is 13.1. The molecule has 0 heterocycles. The van der Waals surface area contributed by atoms with Gasteiger partial charge >= 0.3 is 0 Å². The minimum absolute atomic E-state index is 0.210. The molecule has 1 N–H and O–H groups in total. The zero-order valence-electron chi connectivity index (χ0n) is 12.3. The molecule has 1 aromatic carbocycles. The van der Waals surface area contributed by atoms with Crippen molar-refractivity contribution in [3.8, 4) is 0 Å². The first-order valence-corrected chi connectivity index (χ1v) is 8.85. The maximum atomic E-state index is 12.8. The van der Waals surface area contributed by atoms with Crippen LogP contribution in [0.1, 0.15) is 38.7 Å². The molecule has 0 radical (unpaired) electrons. The lowest BCUT2D eigenvalue weighted by Crippen LogP contribution is -2.33. The topological polar surface area (TPSA) is 49.4 Å². The summed E-state index contributed by atoms with van der Waals surface area (Å²) in [5.74, 6) is 0. The van der Waals surface area contributed by atoms with Gasteiger partial charge in [0, 0.05) is 19.1 Å². The van der Waals surface area contributed by atoms with Crippen LogP contribution in [-0.4, -0.2) is 31.9 Å². The van der Waals surface area contributed by atoms with Gasteiger partial charge in [-0.05, 0) is 37.4 Å². The van der Waals surface area contributed by atoms with Gasteiger partial charge in [-0.1, -0.05) is 32.0 Å². The molecule has 112 valence electrons. The Labute approximate surface area is 122 Å². The van der Waals surface area contributed by atoms with Gasteiger partial charge in [-0.25, -0.2) is 8.42 Å². The van der Waals surface area contributed by atoms with E-state index in [1.54, 1.807) is 16.4 Å². The molecule has 1 aliphatic carbocycles. The van der Waals surface area contributed by atoms with Crippen molar-refractivity contribution in [3.05, 3.63) is 29.8 Å². The number of sulfonamides is 1. The summed E-state index contributed by atoms with van der Waals surface area (Å²) in [5, 5.41) is 3.28. The highest BCUT2D eigenvalue weighted by atomic mass is 32.2. The van der Waals surface area contributed by atoms with Crippen molar-refractivity contribution >= 4 is 10.0 Å².